The summed E-state index contributed by atoms with van der Waals surface area (Å²) in [5.41, 5.74) is 18.7. The molecule has 188 valence electrons. The van der Waals surface area contributed by atoms with Crippen molar-refractivity contribution in [3.8, 4) is 11.1 Å². The molecule has 0 radical (unpaired) electrons. The lowest BCUT2D eigenvalue weighted by Crippen LogP contribution is -2.34. The average molecular weight is 497 g/mol. The number of esters is 1. The van der Waals surface area contributed by atoms with Gasteiger partial charge in [0.25, 0.3) is 5.91 Å². The topological polar surface area (TPSA) is 120 Å². The quantitative estimate of drug-likeness (QED) is 0.277. The Labute approximate surface area is 215 Å². The Bertz CT molecular complexity index is 1430. The number of amides is 1. The molecule has 3 aromatic rings. The van der Waals surface area contributed by atoms with Gasteiger partial charge in [-0.05, 0) is 53.5 Å². The lowest BCUT2D eigenvalue weighted by atomic mass is 9.98. The summed E-state index contributed by atoms with van der Waals surface area (Å²) in [6.07, 6.45) is 2.76. The number of aliphatic imine (C=N–C) groups is 1. The highest BCUT2D eigenvalue weighted by Crippen LogP contribution is 2.34. The van der Waals surface area contributed by atoms with Crippen LogP contribution in [0.5, 0.6) is 0 Å². The second-order valence-electron chi connectivity index (χ2n) is 9.09. The van der Waals surface area contributed by atoms with Crippen LogP contribution in [0.4, 0.5) is 11.4 Å². The molecule has 0 spiro atoms. The molecule has 5 rings (SSSR count). The van der Waals surface area contributed by atoms with Gasteiger partial charge in [0.2, 0.25) is 0 Å². The monoisotopic (exact) mass is 496 g/mol. The number of anilines is 1. The number of nitrogens with two attached hydrogens (primary N) is 2. The number of cyclic esters (lactones) is 1. The molecule has 0 aromatic heterocycles. The van der Waals surface area contributed by atoms with Gasteiger partial charge in [-0.1, -0.05) is 43.3 Å². The van der Waals surface area contributed by atoms with E-state index in [0.717, 1.165) is 34.2 Å². The fourth-order valence-corrected chi connectivity index (χ4v) is 4.35. The second kappa shape index (κ2) is 10.3. The number of carbonyl (C=O) groups excluding carboxylic acids is 2. The molecule has 0 fully saturated rings. The number of nitrogen functional groups attached to an aromatic ring is 1. The fraction of sp³-hybridized carbons (Fsp3) is 0.207. The first-order chi connectivity index (χ1) is 17.9. The molecule has 8 nitrogen and oxygen atoms in total. The molecular formula is C29H28N4O4. The van der Waals surface area contributed by atoms with Crippen LogP contribution < -0.4 is 11.5 Å². The summed E-state index contributed by atoms with van der Waals surface area (Å²) in [5, 5.41) is 1.39. The zero-order valence-corrected chi connectivity index (χ0v) is 20.6. The first kappa shape index (κ1) is 24.3. The van der Waals surface area contributed by atoms with Gasteiger partial charge in [0.05, 0.1) is 11.3 Å². The minimum atomic E-state index is -0.310. The summed E-state index contributed by atoms with van der Waals surface area (Å²) in [5.74, 6) is -0.220. The predicted molar refractivity (Wildman–Crippen MR) is 143 cm³/mol. The number of benzene rings is 3. The maximum absolute atomic E-state index is 13.5. The summed E-state index contributed by atoms with van der Waals surface area (Å²) < 4.78 is 5.12. The van der Waals surface area contributed by atoms with Crippen molar-refractivity contribution in [2.24, 2.45) is 10.7 Å². The zero-order chi connectivity index (χ0) is 25.9. The van der Waals surface area contributed by atoms with Crippen molar-refractivity contribution in [2.45, 2.75) is 33.0 Å². The van der Waals surface area contributed by atoms with Crippen molar-refractivity contribution in [3.63, 3.8) is 0 Å². The Morgan fingerprint density at radius 3 is 2.59 bits per heavy atom. The Hall–Kier alpha value is -4.43. The number of nitrogens with zero attached hydrogens (tertiary/aromatic N) is 2. The molecule has 0 atom stereocenters. The van der Waals surface area contributed by atoms with Crippen molar-refractivity contribution in [3.05, 3.63) is 88.5 Å². The molecule has 4 N–H and O–H groups in total. The highest BCUT2D eigenvalue weighted by Gasteiger charge is 2.24. The van der Waals surface area contributed by atoms with Crippen molar-refractivity contribution >= 4 is 35.2 Å². The van der Waals surface area contributed by atoms with Crippen molar-refractivity contribution in [1.82, 2.24) is 5.06 Å². The van der Waals surface area contributed by atoms with E-state index in [-0.39, 0.29) is 24.9 Å². The highest BCUT2D eigenvalue weighted by molar-refractivity contribution is 6.05. The van der Waals surface area contributed by atoms with Gasteiger partial charge >= 0.3 is 5.97 Å². The van der Waals surface area contributed by atoms with Gasteiger partial charge in [0.15, 0.2) is 0 Å². The predicted octanol–water partition coefficient (Wildman–Crippen LogP) is 4.75. The number of ether oxygens (including phenoxy) is 1. The van der Waals surface area contributed by atoms with E-state index < -0.39 is 0 Å². The molecule has 0 saturated carbocycles. The van der Waals surface area contributed by atoms with Gasteiger partial charge < -0.3 is 16.2 Å². The standard InChI is InChI=1S/C29H28N4O4/c1-2-11-33(37-16-18-3-9-24(30)10-4-18)28(34)23-12-21-7-5-20(14-26(21)32-27(31)15-23)19-6-8-22-17-36-29(35)25(22)13-19/h3-10,12-14H,2,11,15-17,30H2,1H3,(H2,31,32). The lowest BCUT2D eigenvalue weighted by molar-refractivity contribution is -0.187. The fourth-order valence-electron chi connectivity index (χ4n) is 4.35. The van der Waals surface area contributed by atoms with E-state index in [0.29, 0.717) is 41.5 Å². The van der Waals surface area contributed by atoms with E-state index in [1.807, 2.05) is 61.5 Å². The molecule has 3 aromatic carbocycles. The normalized spacial score (nSPS) is 14.1. The number of fused-ring (bicyclic) bond motifs is 2. The van der Waals surface area contributed by atoms with Crippen LogP contribution in [0.3, 0.4) is 0 Å². The van der Waals surface area contributed by atoms with Gasteiger partial charge in [0, 0.05) is 35.4 Å². The smallest absolute Gasteiger partial charge is 0.338 e. The zero-order valence-electron chi connectivity index (χ0n) is 20.6. The number of rotatable bonds is 7. The molecule has 0 aliphatic carbocycles. The van der Waals surface area contributed by atoms with Crippen LogP contribution >= 0.6 is 0 Å². The first-order valence-corrected chi connectivity index (χ1v) is 12.2. The van der Waals surface area contributed by atoms with Gasteiger partial charge in [0.1, 0.15) is 19.0 Å². The van der Waals surface area contributed by atoms with E-state index in [1.54, 1.807) is 12.1 Å². The third-order valence-electron chi connectivity index (χ3n) is 6.31. The Morgan fingerprint density at radius 1 is 1.05 bits per heavy atom. The molecule has 2 heterocycles. The molecule has 8 heteroatoms. The van der Waals surface area contributed by atoms with Crippen LogP contribution in [0.25, 0.3) is 17.2 Å². The molecule has 1 amide bonds. The van der Waals surface area contributed by atoms with Crippen molar-refractivity contribution in [1.29, 1.82) is 0 Å². The van der Waals surface area contributed by atoms with Gasteiger partial charge in [-0.2, -0.15) is 0 Å². The molecule has 0 unspecified atom stereocenters. The molecule has 0 saturated heterocycles. The SMILES string of the molecule is CCCN(OCc1ccc(N)cc1)C(=O)C1=Cc2ccc(-c3ccc4c(c3)C(=O)OC4)cc2N=C(N)C1. The summed E-state index contributed by atoms with van der Waals surface area (Å²) in [6.45, 7) is 2.98. The van der Waals surface area contributed by atoms with Crippen molar-refractivity contribution < 1.29 is 19.2 Å². The molecule has 2 aliphatic rings. The summed E-state index contributed by atoms with van der Waals surface area (Å²) in [7, 11) is 0. The minimum absolute atomic E-state index is 0.207. The number of carbonyl (C=O) groups is 2. The number of hydroxylamine groups is 2. The third kappa shape index (κ3) is 5.24. The van der Waals surface area contributed by atoms with Crippen LogP contribution in [0, 0.1) is 0 Å². The second-order valence-corrected chi connectivity index (χ2v) is 9.09. The maximum Gasteiger partial charge on any atom is 0.338 e. The Morgan fingerprint density at radius 2 is 1.81 bits per heavy atom. The van der Waals surface area contributed by atoms with E-state index in [2.05, 4.69) is 4.99 Å². The molecule has 0 bridgehead atoms. The van der Waals surface area contributed by atoms with Gasteiger partial charge in [-0.3, -0.25) is 9.63 Å². The maximum atomic E-state index is 13.5. The van der Waals surface area contributed by atoms with Crippen LogP contribution in [0.1, 0.15) is 46.8 Å². The van der Waals surface area contributed by atoms with Crippen LogP contribution in [0.15, 0.2) is 71.2 Å². The number of hydrogen-bond acceptors (Lipinski definition) is 7. The van der Waals surface area contributed by atoms with Crippen LogP contribution in [0.2, 0.25) is 0 Å². The van der Waals surface area contributed by atoms with E-state index in [4.69, 9.17) is 21.0 Å². The summed E-state index contributed by atoms with van der Waals surface area (Å²) >= 11 is 0. The van der Waals surface area contributed by atoms with E-state index in [9.17, 15) is 9.59 Å². The summed E-state index contributed by atoms with van der Waals surface area (Å²) in [6, 6.07) is 18.8. The lowest BCUT2D eigenvalue weighted by Gasteiger charge is -2.22. The van der Waals surface area contributed by atoms with Crippen LogP contribution in [-0.4, -0.2) is 29.3 Å². The van der Waals surface area contributed by atoms with Crippen LogP contribution in [-0.2, 0) is 27.6 Å². The van der Waals surface area contributed by atoms with E-state index >= 15 is 0 Å². The average Bonchev–Trinajstić information content (AvgIpc) is 3.17. The summed E-state index contributed by atoms with van der Waals surface area (Å²) in [4.78, 5) is 35.9. The molecular weight excluding hydrogens is 468 g/mol. The number of hydrogen-bond donors (Lipinski definition) is 2. The third-order valence-corrected chi connectivity index (χ3v) is 6.31. The largest absolute Gasteiger partial charge is 0.457 e. The first-order valence-electron chi connectivity index (χ1n) is 12.2. The van der Waals surface area contributed by atoms with E-state index in [1.165, 1.54) is 5.06 Å². The molecule has 37 heavy (non-hydrogen) atoms. The Kier molecular flexibility index (Phi) is 6.74. The van der Waals surface area contributed by atoms with Gasteiger partial charge in [-0.25, -0.2) is 14.9 Å². The highest BCUT2D eigenvalue weighted by atomic mass is 16.7. The van der Waals surface area contributed by atoms with Crippen molar-refractivity contribution in [2.75, 3.05) is 12.3 Å². The minimum Gasteiger partial charge on any atom is -0.457 e. The molecule has 2 aliphatic heterocycles. The Balaban J connectivity index is 1.40. The van der Waals surface area contributed by atoms with Gasteiger partial charge in [-0.15, -0.1) is 0 Å². The number of amidine groups is 1.